The number of rotatable bonds is 6. The van der Waals surface area contributed by atoms with E-state index in [0.717, 1.165) is 4.90 Å². The van der Waals surface area contributed by atoms with E-state index >= 15 is 0 Å². The molecule has 2 amide bonds. The number of hydrogen-bond donors (Lipinski definition) is 0. The van der Waals surface area contributed by atoms with Crippen molar-refractivity contribution in [3.63, 3.8) is 0 Å². The molecule has 1 aromatic heterocycles. The number of hydrogen-bond acceptors (Lipinski definition) is 8. The summed E-state index contributed by atoms with van der Waals surface area (Å²) < 4.78 is 10.4. The van der Waals surface area contributed by atoms with Gasteiger partial charge in [-0.15, -0.1) is 0 Å². The van der Waals surface area contributed by atoms with Crippen LogP contribution in [0.15, 0.2) is 39.7 Å². The lowest BCUT2D eigenvalue weighted by atomic mass is 10.1. The van der Waals surface area contributed by atoms with Crippen LogP contribution >= 0.6 is 23.4 Å². The van der Waals surface area contributed by atoms with Crippen LogP contribution in [0, 0.1) is 10.1 Å². The Bertz CT molecular complexity index is 1050. The SMILES string of the molecule is CCOC(=O)CN1C(=O)SC(=Cc2ccc(-c3ccc([N+](=O)[O-])cc3Cl)o2)C1=O. The van der Waals surface area contributed by atoms with E-state index in [-0.39, 0.29) is 28.0 Å². The van der Waals surface area contributed by atoms with Gasteiger partial charge in [0, 0.05) is 23.8 Å². The van der Waals surface area contributed by atoms with Gasteiger partial charge in [-0.05, 0) is 36.9 Å². The lowest BCUT2D eigenvalue weighted by molar-refractivity contribution is -0.384. The molecule has 150 valence electrons. The number of carbonyl (C=O) groups is 3. The molecule has 1 aliphatic rings. The first-order chi connectivity index (χ1) is 13.8. The molecule has 0 saturated carbocycles. The van der Waals surface area contributed by atoms with Crippen molar-refractivity contribution in [2.45, 2.75) is 6.92 Å². The monoisotopic (exact) mass is 436 g/mol. The predicted molar refractivity (Wildman–Crippen MR) is 105 cm³/mol. The maximum absolute atomic E-state index is 12.4. The van der Waals surface area contributed by atoms with E-state index in [1.807, 2.05) is 0 Å². The molecule has 0 radical (unpaired) electrons. The summed E-state index contributed by atoms with van der Waals surface area (Å²) in [5.74, 6) is -0.693. The number of benzene rings is 1. The van der Waals surface area contributed by atoms with Gasteiger partial charge in [-0.25, -0.2) is 0 Å². The van der Waals surface area contributed by atoms with Crippen LogP contribution in [0.4, 0.5) is 10.5 Å². The number of nitrogens with zero attached hydrogens (tertiary/aromatic N) is 2. The summed E-state index contributed by atoms with van der Waals surface area (Å²) in [5.41, 5.74) is 0.285. The van der Waals surface area contributed by atoms with Crippen molar-refractivity contribution in [2.75, 3.05) is 13.2 Å². The second-order valence-corrected chi connectivity index (χ2v) is 7.10. The number of imide groups is 1. The Kier molecular flexibility index (Phi) is 6.04. The molecule has 9 nitrogen and oxygen atoms in total. The van der Waals surface area contributed by atoms with Crippen molar-refractivity contribution in [3.8, 4) is 11.3 Å². The summed E-state index contributed by atoms with van der Waals surface area (Å²) in [6.45, 7) is 1.31. The lowest BCUT2D eigenvalue weighted by Gasteiger charge is -2.10. The topological polar surface area (TPSA) is 120 Å². The molecule has 1 fully saturated rings. The molecule has 0 N–H and O–H groups in total. The van der Waals surface area contributed by atoms with Crippen molar-refractivity contribution >= 4 is 52.2 Å². The largest absolute Gasteiger partial charge is 0.465 e. The zero-order valence-electron chi connectivity index (χ0n) is 14.9. The summed E-state index contributed by atoms with van der Waals surface area (Å²) in [6, 6.07) is 7.11. The summed E-state index contributed by atoms with van der Waals surface area (Å²) in [5, 5.41) is 10.4. The molecular weight excluding hydrogens is 424 g/mol. The van der Waals surface area contributed by atoms with E-state index in [9.17, 15) is 24.5 Å². The van der Waals surface area contributed by atoms with Gasteiger partial charge in [0.25, 0.3) is 16.8 Å². The predicted octanol–water partition coefficient (Wildman–Crippen LogP) is 4.11. The van der Waals surface area contributed by atoms with Crippen LogP contribution in [0.2, 0.25) is 5.02 Å². The molecule has 1 aliphatic heterocycles. The highest BCUT2D eigenvalue weighted by atomic mass is 35.5. The number of halogens is 1. The van der Waals surface area contributed by atoms with Crippen LogP contribution in [0.5, 0.6) is 0 Å². The fourth-order valence-electron chi connectivity index (χ4n) is 2.49. The van der Waals surface area contributed by atoms with Gasteiger partial charge in [0.1, 0.15) is 18.1 Å². The van der Waals surface area contributed by atoms with Gasteiger partial charge < -0.3 is 9.15 Å². The van der Waals surface area contributed by atoms with Gasteiger partial charge >= 0.3 is 5.97 Å². The molecule has 0 spiro atoms. The fourth-order valence-corrected chi connectivity index (χ4v) is 3.58. The molecule has 2 heterocycles. The number of nitro groups is 1. The van der Waals surface area contributed by atoms with Gasteiger partial charge in [0.05, 0.1) is 21.5 Å². The number of esters is 1. The second kappa shape index (κ2) is 8.50. The van der Waals surface area contributed by atoms with Gasteiger partial charge in [0.15, 0.2) is 0 Å². The molecule has 1 saturated heterocycles. The highest BCUT2D eigenvalue weighted by Crippen LogP contribution is 2.35. The normalized spacial score (nSPS) is 15.2. The fraction of sp³-hybridized carbons (Fsp3) is 0.167. The molecule has 2 aromatic rings. The van der Waals surface area contributed by atoms with Crippen molar-refractivity contribution < 1.29 is 28.5 Å². The van der Waals surface area contributed by atoms with Crippen LogP contribution in [0.25, 0.3) is 17.4 Å². The lowest BCUT2D eigenvalue weighted by Crippen LogP contribution is -2.34. The van der Waals surface area contributed by atoms with E-state index in [2.05, 4.69) is 0 Å². The molecule has 0 atom stereocenters. The number of non-ortho nitro benzene ring substituents is 1. The van der Waals surface area contributed by atoms with E-state index in [1.165, 1.54) is 24.3 Å². The Morgan fingerprint density at radius 3 is 2.76 bits per heavy atom. The van der Waals surface area contributed by atoms with Crippen molar-refractivity contribution in [1.29, 1.82) is 0 Å². The number of furan rings is 1. The van der Waals surface area contributed by atoms with E-state index in [0.29, 0.717) is 23.1 Å². The molecule has 3 rings (SSSR count). The maximum atomic E-state index is 12.4. The summed E-state index contributed by atoms with van der Waals surface area (Å²) in [4.78, 5) is 47.1. The quantitative estimate of drug-likeness (QED) is 0.287. The minimum atomic E-state index is -0.677. The Balaban J connectivity index is 1.80. The molecule has 0 aliphatic carbocycles. The minimum absolute atomic E-state index is 0.0926. The third kappa shape index (κ3) is 4.49. The zero-order chi connectivity index (χ0) is 21.1. The van der Waals surface area contributed by atoms with Crippen LogP contribution in [-0.4, -0.2) is 40.1 Å². The van der Waals surface area contributed by atoms with Crippen LogP contribution in [0.1, 0.15) is 12.7 Å². The Morgan fingerprint density at radius 1 is 1.34 bits per heavy atom. The van der Waals surface area contributed by atoms with Gasteiger partial charge in [-0.1, -0.05) is 11.6 Å². The van der Waals surface area contributed by atoms with Crippen molar-refractivity contribution in [1.82, 2.24) is 4.90 Å². The van der Waals surface area contributed by atoms with Crippen LogP contribution < -0.4 is 0 Å². The number of ether oxygens (including phenoxy) is 1. The average molecular weight is 437 g/mol. The summed E-state index contributed by atoms with van der Waals surface area (Å²) in [7, 11) is 0. The van der Waals surface area contributed by atoms with Gasteiger partial charge in [-0.3, -0.25) is 29.4 Å². The van der Waals surface area contributed by atoms with E-state index in [4.69, 9.17) is 20.8 Å². The molecule has 0 unspecified atom stereocenters. The third-order valence-corrected chi connectivity index (χ3v) is 5.02. The first-order valence-electron chi connectivity index (χ1n) is 8.25. The Labute approximate surface area is 173 Å². The minimum Gasteiger partial charge on any atom is -0.465 e. The van der Waals surface area contributed by atoms with Crippen LogP contribution in [0.3, 0.4) is 0 Å². The first-order valence-corrected chi connectivity index (χ1v) is 9.44. The Hall–Kier alpha value is -3.11. The first kappa shape index (κ1) is 20.6. The standard InChI is InChI=1S/C18H13ClN2O7S/c1-2-27-16(22)9-20-17(23)15(29-18(20)24)8-11-4-6-14(28-11)12-5-3-10(21(25)26)7-13(12)19/h3-8H,2,9H2,1H3. The third-order valence-electron chi connectivity index (χ3n) is 3.80. The van der Waals surface area contributed by atoms with Crippen molar-refractivity contribution in [3.05, 3.63) is 56.1 Å². The number of thioether (sulfide) groups is 1. The van der Waals surface area contributed by atoms with E-state index in [1.54, 1.807) is 19.1 Å². The second-order valence-electron chi connectivity index (χ2n) is 5.70. The molecule has 1 aromatic carbocycles. The average Bonchev–Trinajstić information content (AvgIpc) is 3.22. The Morgan fingerprint density at radius 2 is 2.10 bits per heavy atom. The van der Waals surface area contributed by atoms with Crippen molar-refractivity contribution in [2.24, 2.45) is 0 Å². The number of nitro benzene ring substituents is 1. The molecular formula is C18H13ClN2O7S. The molecule has 0 bridgehead atoms. The maximum Gasteiger partial charge on any atom is 0.326 e. The highest BCUT2D eigenvalue weighted by molar-refractivity contribution is 8.18. The summed E-state index contributed by atoms with van der Waals surface area (Å²) in [6.07, 6.45) is 1.37. The molecule has 11 heteroatoms. The zero-order valence-corrected chi connectivity index (χ0v) is 16.5. The molecule has 29 heavy (non-hydrogen) atoms. The number of amides is 2. The number of carbonyl (C=O) groups excluding carboxylic acids is 3. The summed E-state index contributed by atoms with van der Waals surface area (Å²) >= 11 is 6.77. The van der Waals surface area contributed by atoms with Crippen LogP contribution in [-0.2, 0) is 14.3 Å². The van der Waals surface area contributed by atoms with E-state index < -0.39 is 28.6 Å². The smallest absolute Gasteiger partial charge is 0.326 e. The van der Waals surface area contributed by atoms with Gasteiger partial charge in [-0.2, -0.15) is 0 Å². The highest BCUT2D eigenvalue weighted by Gasteiger charge is 2.36. The van der Waals surface area contributed by atoms with Gasteiger partial charge in [0.2, 0.25) is 0 Å².